The van der Waals surface area contributed by atoms with Gasteiger partial charge in [0.2, 0.25) is 5.88 Å². The fourth-order valence-electron chi connectivity index (χ4n) is 2.58. The molecular weight excluding hydrogens is 246 g/mol. The molecule has 2 aromatic heterocycles. The third-order valence-electron chi connectivity index (χ3n) is 3.63. The summed E-state index contributed by atoms with van der Waals surface area (Å²) in [5, 5.41) is 9.56. The van der Waals surface area contributed by atoms with E-state index in [0.717, 1.165) is 12.8 Å². The van der Waals surface area contributed by atoms with E-state index >= 15 is 0 Å². The Balaban J connectivity index is 1.82. The van der Waals surface area contributed by atoms with Crippen LogP contribution in [-0.2, 0) is 0 Å². The lowest BCUT2D eigenvalue weighted by Gasteiger charge is -2.31. The second-order valence-electron chi connectivity index (χ2n) is 4.82. The number of ether oxygens (including phenoxy) is 1. The van der Waals surface area contributed by atoms with Gasteiger partial charge in [-0.05, 0) is 26.3 Å². The summed E-state index contributed by atoms with van der Waals surface area (Å²) in [4.78, 5) is 15.5. The monoisotopic (exact) mass is 263 g/mol. The van der Waals surface area contributed by atoms with Crippen molar-refractivity contribution in [2.24, 2.45) is 0 Å². The standard InChI is InChI=1S/C12H17N5O2/c1-13-8-4-2-3-5-9(8)19-11-6-10-15-16-12(18)17(10)7-14-11/h6-9,13H,2-5H2,1H3,(H,16,18). The molecule has 0 radical (unpaired) electrons. The van der Waals surface area contributed by atoms with Crippen LogP contribution >= 0.6 is 0 Å². The highest BCUT2D eigenvalue weighted by Gasteiger charge is 2.25. The van der Waals surface area contributed by atoms with Crippen LogP contribution in [0.25, 0.3) is 5.65 Å². The molecule has 19 heavy (non-hydrogen) atoms. The average Bonchev–Trinajstić information content (AvgIpc) is 2.81. The van der Waals surface area contributed by atoms with E-state index in [0.29, 0.717) is 17.6 Å². The van der Waals surface area contributed by atoms with Gasteiger partial charge in [0.25, 0.3) is 0 Å². The lowest BCUT2D eigenvalue weighted by molar-refractivity contribution is 0.113. The summed E-state index contributed by atoms with van der Waals surface area (Å²) in [7, 11) is 1.95. The Labute approximate surface area is 110 Å². The van der Waals surface area contributed by atoms with E-state index in [4.69, 9.17) is 4.74 Å². The van der Waals surface area contributed by atoms with Crippen LogP contribution in [0, 0.1) is 0 Å². The minimum atomic E-state index is -0.292. The van der Waals surface area contributed by atoms with Gasteiger partial charge in [-0.25, -0.2) is 19.3 Å². The topological polar surface area (TPSA) is 84.3 Å². The van der Waals surface area contributed by atoms with Crippen molar-refractivity contribution in [3.63, 3.8) is 0 Å². The largest absolute Gasteiger partial charge is 0.473 e. The van der Waals surface area contributed by atoms with Gasteiger partial charge in [-0.1, -0.05) is 6.42 Å². The molecule has 2 atom stereocenters. The Morgan fingerprint density at radius 2 is 2.32 bits per heavy atom. The lowest BCUT2D eigenvalue weighted by atomic mass is 9.92. The van der Waals surface area contributed by atoms with E-state index in [1.165, 1.54) is 23.6 Å². The maximum absolute atomic E-state index is 11.3. The first-order valence-electron chi connectivity index (χ1n) is 6.54. The number of aromatic nitrogens is 4. The highest BCUT2D eigenvalue weighted by atomic mass is 16.5. The number of likely N-dealkylation sites (N-methyl/N-ethyl adjacent to an activating group) is 1. The van der Waals surface area contributed by atoms with E-state index < -0.39 is 0 Å². The molecule has 1 fully saturated rings. The van der Waals surface area contributed by atoms with Gasteiger partial charge >= 0.3 is 5.69 Å². The number of hydrogen-bond acceptors (Lipinski definition) is 5. The molecule has 2 heterocycles. The van der Waals surface area contributed by atoms with E-state index in [1.54, 1.807) is 6.07 Å². The Hall–Kier alpha value is -1.89. The molecule has 7 heteroatoms. The molecular formula is C12H17N5O2. The molecule has 0 aromatic carbocycles. The zero-order valence-corrected chi connectivity index (χ0v) is 10.8. The molecule has 3 rings (SSSR count). The number of nitrogens with zero attached hydrogens (tertiary/aromatic N) is 3. The van der Waals surface area contributed by atoms with Gasteiger partial charge in [0.05, 0.1) is 0 Å². The number of nitrogens with one attached hydrogen (secondary N) is 2. The normalized spacial score (nSPS) is 23.6. The molecule has 1 aliphatic rings. The molecule has 0 aliphatic heterocycles. The van der Waals surface area contributed by atoms with E-state index in [-0.39, 0.29) is 11.8 Å². The third-order valence-corrected chi connectivity index (χ3v) is 3.63. The molecule has 102 valence electrons. The van der Waals surface area contributed by atoms with Crippen molar-refractivity contribution >= 4 is 5.65 Å². The molecule has 0 saturated heterocycles. The summed E-state index contributed by atoms with van der Waals surface area (Å²) in [6, 6.07) is 2.03. The van der Waals surface area contributed by atoms with Crippen molar-refractivity contribution in [3.05, 3.63) is 22.9 Å². The first kappa shape index (κ1) is 12.2. The van der Waals surface area contributed by atoms with Crippen LogP contribution in [0.15, 0.2) is 17.2 Å². The summed E-state index contributed by atoms with van der Waals surface area (Å²) in [6.45, 7) is 0. The minimum absolute atomic E-state index is 0.124. The third kappa shape index (κ3) is 2.33. The van der Waals surface area contributed by atoms with Crippen molar-refractivity contribution in [2.45, 2.75) is 37.8 Å². The zero-order chi connectivity index (χ0) is 13.2. The van der Waals surface area contributed by atoms with Crippen LogP contribution in [0.1, 0.15) is 25.7 Å². The predicted octanol–water partition coefficient (Wildman–Crippen LogP) is 0.327. The Morgan fingerprint density at radius 1 is 1.47 bits per heavy atom. The fourth-order valence-corrected chi connectivity index (χ4v) is 2.58. The molecule has 2 aromatic rings. The molecule has 0 bridgehead atoms. The summed E-state index contributed by atoms with van der Waals surface area (Å²) >= 11 is 0. The minimum Gasteiger partial charge on any atom is -0.473 e. The van der Waals surface area contributed by atoms with Crippen molar-refractivity contribution in [1.29, 1.82) is 0 Å². The van der Waals surface area contributed by atoms with Gasteiger partial charge < -0.3 is 10.1 Å². The Kier molecular flexibility index (Phi) is 3.20. The van der Waals surface area contributed by atoms with Crippen LogP contribution in [0.4, 0.5) is 0 Å². The van der Waals surface area contributed by atoms with E-state index in [2.05, 4.69) is 20.5 Å². The number of rotatable bonds is 3. The molecule has 2 unspecified atom stereocenters. The molecule has 1 aliphatic carbocycles. The molecule has 0 amide bonds. The van der Waals surface area contributed by atoms with E-state index in [1.807, 2.05) is 7.05 Å². The lowest BCUT2D eigenvalue weighted by Crippen LogP contribution is -2.43. The SMILES string of the molecule is CNC1CCCCC1Oc1cc2n[nH]c(=O)n2cn1. The second kappa shape index (κ2) is 5.00. The predicted molar refractivity (Wildman–Crippen MR) is 69.3 cm³/mol. The van der Waals surface area contributed by atoms with Crippen LogP contribution in [0.5, 0.6) is 5.88 Å². The number of fused-ring (bicyclic) bond motifs is 1. The smallest absolute Gasteiger partial charge is 0.348 e. The highest BCUT2D eigenvalue weighted by Crippen LogP contribution is 2.22. The summed E-state index contributed by atoms with van der Waals surface area (Å²) < 4.78 is 7.28. The van der Waals surface area contributed by atoms with Crippen molar-refractivity contribution < 1.29 is 4.74 Å². The van der Waals surface area contributed by atoms with Gasteiger partial charge in [0.15, 0.2) is 5.65 Å². The van der Waals surface area contributed by atoms with Gasteiger partial charge in [0, 0.05) is 12.1 Å². The molecule has 1 saturated carbocycles. The van der Waals surface area contributed by atoms with Gasteiger partial charge in [-0.3, -0.25) is 0 Å². The Bertz CT molecular complexity index is 620. The van der Waals surface area contributed by atoms with Crippen molar-refractivity contribution in [3.8, 4) is 5.88 Å². The van der Waals surface area contributed by atoms with Crippen LogP contribution in [-0.4, -0.2) is 38.8 Å². The van der Waals surface area contributed by atoms with Crippen LogP contribution in [0.3, 0.4) is 0 Å². The molecule has 2 N–H and O–H groups in total. The number of aromatic amines is 1. The van der Waals surface area contributed by atoms with Gasteiger partial charge in [0.1, 0.15) is 12.4 Å². The van der Waals surface area contributed by atoms with Crippen molar-refractivity contribution in [2.75, 3.05) is 7.05 Å². The van der Waals surface area contributed by atoms with Gasteiger partial charge in [-0.15, -0.1) is 0 Å². The average molecular weight is 263 g/mol. The zero-order valence-electron chi connectivity index (χ0n) is 10.8. The number of hydrogen-bond donors (Lipinski definition) is 2. The Morgan fingerprint density at radius 3 is 3.16 bits per heavy atom. The maximum Gasteiger partial charge on any atom is 0.348 e. The maximum atomic E-state index is 11.3. The quantitative estimate of drug-likeness (QED) is 0.833. The fraction of sp³-hybridized carbons (Fsp3) is 0.583. The number of H-pyrrole nitrogens is 1. The molecule has 7 nitrogen and oxygen atoms in total. The summed E-state index contributed by atoms with van der Waals surface area (Å²) in [6.07, 6.45) is 6.10. The molecule has 0 spiro atoms. The van der Waals surface area contributed by atoms with E-state index in [9.17, 15) is 4.79 Å². The first-order chi connectivity index (χ1) is 9.28. The van der Waals surface area contributed by atoms with Crippen molar-refractivity contribution in [1.82, 2.24) is 24.9 Å². The highest BCUT2D eigenvalue weighted by molar-refractivity contribution is 5.39. The van der Waals surface area contributed by atoms with Crippen LogP contribution in [0.2, 0.25) is 0 Å². The second-order valence-corrected chi connectivity index (χ2v) is 4.82. The van der Waals surface area contributed by atoms with Gasteiger partial charge in [-0.2, -0.15) is 5.10 Å². The summed E-state index contributed by atoms with van der Waals surface area (Å²) in [5.41, 5.74) is 0.228. The first-order valence-corrected chi connectivity index (χ1v) is 6.54. The summed E-state index contributed by atoms with van der Waals surface area (Å²) in [5.74, 6) is 0.513. The van der Waals surface area contributed by atoms with Crippen LogP contribution < -0.4 is 15.7 Å².